The second-order valence-electron chi connectivity index (χ2n) is 4.69. The highest BCUT2D eigenvalue weighted by molar-refractivity contribution is 5.97. The van der Waals surface area contributed by atoms with E-state index in [0.29, 0.717) is 17.9 Å². The molecule has 6 nitrogen and oxygen atoms in total. The van der Waals surface area contributed by atoms with Crippen LogP contribution in [0.25, 0.3) is 0 Å². The Balaban J connectivity index is 2.08. The SMILES string of the molecule is Cc1c(NCc2ccc(C#N)o2)cccc1C(=O)NCCO. The van der Waals surface area contributed by atoms with Crippen LogP contribution < -0.4 is 10.6 Å². The average Bonchev–Trinajstić information content (AvgIpc) is 2.99. The normalized spacial score (nSPS) is 10.0. The zero-order chi connectivity index (χ0) is 15.9. The summed E-state index contributed by atoms with van der Waals surface area (Å²) in [6.45, 7) is 2.39. The molecule has 1 aromatic carbocycles. The fraction of sp³-hybridized carbons (Fsp3) is 0.250. The molecule has 1 aromatic heterocycles. The van der Waals surface area contributed by atoms with Crippen molar-refractivity contribution in [1.82, 2.24) is 5.32 Å². The first kappa shape index (κ1) is 15.6. The third-order valence-electron chi connectivity index (χ3n) is 3.20. The number of amides is 1. The van der Waals surface area contributed by atoms with Crippen LogP contribution in [0.1, 0.15) is 27.4 Å². The number of nitrogens with zero attached hydrogens (tertiary/aromatic N) is 1. The maximum absolute atomic E-state index is 12.0. The van der Waals surface area contributed by atoms with Crippen LogP contribution in [0.3, 0.4) is 0 Å². The fourth-order valence-corrected chi connectivity index (χ4v) is 2.05. The summed E-state index contributed by atoms with van der Waals surface area (Å²) in [5.41, 5.74) is 2.17. The Morgan fingerprint density at radius 3 is 2.86 bits per heavy atom. The molecule has 22 heavy (non-hydrogen) atoms. The van der Waals surface area contributed by atoms with E-state index in [1.165, 1.54) is 0 Å². The number of nitriles is 1. The Morgan fingerprint density at radius 1 is 1.36 bits per heavy atom. The van der Waals surface area contributed by atoms with Gasteiger partial charge in [0.15, 0.2) is 0 Å². The Hall–Kier alpha value is -2.78. The molecule has 2 rings (SSSR count). The summed E-state index contributed by atoms with van der Waals surface area (Å²) in [7, 11) is 0. The highest BCUT2D eigenvalue weighted by Crippen LogP contribution is 2.20. The molecular weight excluding hydrogens is 282 g/mol. The lowest BCUT2D eigenvalue weighted by molar-refractivity contribution is 0.0944. The molecule has 0 radical (unpaired) electrons. The molecule has 0 aliphatic rings. The lowest BCUT2D eigenvalue weighted by Gasteiger charge is -2.12. The largest absolute Gasteiger partial charge is 0.449 e. The minimum absolute atomic E-state index is 0.0948. The second-order valence-corrected chi connectivity index (χ2v) is 4.69. The predicted molar refractivity (Wildman–Crippen MR) is 81.3 cm³/mol. The van der Waals surface area contributed by atoms with E-state index < -0.39 is 0 Å². The Labute approximate surface area is 128 Å². The smallest absolute Gasteiger partial charge is 0.251 e. The van der Waals surface area contributed by atoms with Gasteiger partial charge in [-0.3, -0.25) is 4.79 Å². The highest BCUT2D eigenvalue weighted by Gasteiger charge is 2.11. The molecule has 1 heterocycles. The fourth-order valence-electron chi connectivity index (χ4n) is 2.05. The molecule has 0 spiro atoms. The summed E-state index contributed by atoms with van der Waals surface area (Å²) in [6, 6.07) is 10.7. The minimum atomic E-state index is -0.222. The van der Waals surface area contributed by atoms with E-state index in [2.05, 4.69) is 10.6 Å². The molecular formula is C16H17N3O3. The van der Waals surface area contributed by atoms with E-state index in [4.69, 9.17) is 14.8 Å². The number of hydrogen-bond acceptors (Lipinski definition) is 5. The minimum Gasteiger partial charge on any atom is -0.449 e. The molecule has 0 bridgehead atoms. The van der Waals surface area contributed by atoms with Crippen molar-refractivity contribution < 1.29 is 14.3 Å². The van der Waals surface area contributed by atoms with Crippen molar-refractivity contribution in [3.63, 3.8) is 0 Å². The number of aliphatic hydroxyl groups excluding tert-OH is 1. The first-order chi connectivity index (χ1) is 10.7. The van der Waals surface area contributed by atoms with Gasteiger partial charge >= 0.3 is 0 Å². The van der Waals surface area contributed by atoms with Crippen molar-refractivity contribution in [2.45, 2.75) is 13.5 Å². The van der Waals surface area contributed by atoms with Crippen LogP contribution in [-0.2, 0) is 6.54 Å². The third-order valence-corrected chi connectivity index (χ3v) is 3.20. The van der Waals surface area contributed by atoms with Gasteiger partial charge in [0.2, 0.25) is 5.76 Å². The molecule has 1 amide bonds. The lowest BCUT2D eigenvalue weighted by atomic mass is 10.1. The van der Waals surface area contributed by atoms with Gasteiger partial charge in [-0.2, -0.15) is 5.26 Å². The average molecular weight is 299 g/mol. The van der Waals surface area contributed by atoms with Crippen molar-refractivity contribution in [1.29, 1.82) is 5.26 Å². The number of hydrogen-bond donors (Lipinski definition) is 3. The predicted octanol–water partition coefficient (Wildman–Crippen LogP) is 1.79. The monoisotopic (exact) mass is 299 g/mol. The number of furan rings is 1. The van der Waals surface area contributed by atoms with Crippen molar-refractivity contribution in [3.8, 4) is 6.07 Å². The Bertz CT molecular complexity index is 701. The van der Waals surface area contributed by atoms with Crippen LogP contribution in [0.2, 0.25) is 0 Å². The molecule has 0 fully saturated rings. The van der Waals surface area contributed by atoms with E-state index >= 15 is 0 Å². The Kier molecular flexibility index (Phi) is 5.17. The van der Waals surface area contributed by atoms with Gasteiger partial charge in [-0.1, -0.05) is 6.07 Å². The van der Waals surface area contributed by atoms with Gasteiger partial charge in [-0.05, 0) is 36.8 Å². The first-order valence-corrected chi connectivity index (χ1v) is 6.87. The molecule has 0 aliphatic carbocycles. The molecule has 0 saturated carbocycles. The molecule has 0 atom stereocenters. The van der Waals surface area contributed by atoms with Crippen LogP contribution in [0.4, 0.5) is 5.69 Å². The number of carbonyl (C=O) groups excluding carboxylic acids is 1. The third kappa shape index (κ3) is 3.65. The topological polar surface area (TPSA) is 98.3 Å². The van der Waals surface area contributed by atoms with Crippen molar-refractivity contribution in [2.24, 2.45) is 0 Å². The molecule has 6 heteroatoms. The summed E-state index contributed by atoms with van der Waals surface area (Å²) in [4.78, 5) is 12.0. The summed E-state index contributed by atoms with van der Waals surface area (Å²) >= 11 is 0. The van der Waals surface area contributed by atoms with Gasteiger partial charge in [0, 0.05) is 17.8 Å². The second kappa shape index (κ2) is 7.29. The van der Waals surface area contributed by atoms with Crippen LogP contribution in [-0.4, -0.2) is 24.2 Å². The molecule has 114 valence electrons. The number of rotatable bonds is 6. The molecule has 0 aliphatic heterocycles. The number of nitrogens with one attached hydrogen (secondary N) is 2. The standard InChI is InChI=1S/C16H17N3O3/c1-11-14(16(21)18-7-8-20)3-2-4-15(11)19-10-13-6-5-12(9-17)22-13/h2-6,19-20H,7-8,10H2,1H3,(H,18,21). The van der Waals surface area contributed by atoms with E-state index in [9.17, 15) is 4.79 Å². The van der Waals surface area contributed by atoms with E-state index in [1.54, 1.807) is 24.3 Å². The van der Waals surface area contributed by atoms with Crippen molar-refractivity contribution in [2.75, 3.05) is 18.5 Å². The van der Waals surface area contributed by atoms with Crippen LogP contribution in [0, 0.1) is 18.3 Å². The summed E-state index contributed by atoms with van der Waals surface area (Å²) in [5, 5.41) is 23.3. The number of benzene rings is 1. The Morgan fingerprint density at radius 2 is 2.18 bits per heavy atom. The van der Waals surface area contributed by atoms with Crippen molar-refractivity contribution >= 4 is 11.6 Å². The summed E-state index contributed by atoms with van der Waals surface area (Å²) in [6.07, 6.45) is 0. The molecule has 0 unspecified atom stereocenters. The zero-order valence-corrected chi connectivity index (χ0v) is 12.2. The van der Waals surface area contributed by atoms with Gasteiger partial charge in [-0.15, -0.1) is 0 Å². The van der Waals surface area contributed by atoms with Gasteiger partial charge in [0.05, 0.1) is 13.2 Å². The highest BCUT2D eigenvalue weighted by atomic mass is 16.3. The summed E-state index contributed by atoms with van der Waals surface area (Å²) in [5.74, 6) is 0.691. The lowest BCUT2D eigenvalue weighted by Crippen LogP contribution is -2.27. The molecule has 0 saturated heterocycles. The number of carbonyl (C=O) groups is 1. The van der Waals surface area contributed by atoms with Crippen LogP contribution in [0.15, 0.2) is 34.7 Å². The maximum Gasteiger partial charge on any atom is 0.251 e. The summed E-state index contributed by atoms with van der Waals surface area (Å²) < 4.78 is 5.29. The molecule has 3 N–H and O–H groups in total. The van der Waals surface area contributed by atoms with E-state index in [1.807, 2.05) is 19.1 Å². The van der Waals surface area contributed by atoms with Gasteiger partial charge in [0.1, 0.15) is 11.8 Å². The number of anilines is 1. The van der Waals surface area contributed by atoms with Gasteiger partial charge in [-0.25, -0.2) is 0 Å². The quantitative estimate of drug-likeness (QED) is 0.755. The zero-order valence-electron chi connectivity index (χ0n) is 12.2. The van der Waals surface area contributed by atoms with Crippen LogP contribution >= 0.6 is 0 Å². The van der Waals surface area contributed by atoms with Crippen molar-refractivity contribution in [3.05, 3.63) is 53.0 Å². The van der Waals surface area contributed by atoms with Crippen LogP contribution in [0.5, 0.6) is 0 Å². The molecule has 2 aromatic rings. The van der Waals surface area contributed by atoms with Gasteiger partial charge < -0.3 is 20.2 Å². The van der Waals surface area contributed by atoms with E-state index in [-0.39, 0.29) is 24.8 Å². The number of aliphatic hydroxyl groups is 1. The van der Waals surface area contributed by atoms with Gasteiger partial charge in [0.25, 0.3) is 5.91 Å². The first-order valence-electron chi connectivity index (χ1n) is 6.87. The van der Waals surface area contributed by atoms with E-state index in [0.717, 1.165) is 11.3 Å². The maximum atomic E-state index is 12.0.